The van der Waals surface area contributed by atoms with Gasteiger partial charge in [0, 0.05) is 12.4 Å². The summed E-state index contributed by atoms with van der Waals surface area (Å²) < 4.78 is 13.0. The van der Waals surface area contributed by atoms with Crippen LogP contribution in [0.3, 0.4) is 0 Å². The van der Waals surface area contributed by atoms with Crippen molar-refractivity contribution in [2.45, 2.75) is 0 Å². The maximum absolute atomic E-state index is 12.5. The van der Waals surface area contributed by atoms with E-state index in [9.17, 15) is 9.59 Å². The first-order chi connectivity index (χ1) is 12.6. The summed E-state index contributed by atoms with van der Waals surface area (Å²) in [4.78, 5) is 28.9. The number of methoxy groups -OCH3 is 1. The largest absolute Gasteiger partial charge is 0.465 e. The van der Waals surface area contributed by atoms with Gasteiger partial charge in [-0.1, -0.05) is 29.5 Å². The second kappa shape index (κ2) is 6.27. The van der Waals surface area contributed by atoms with Crippen molar-refractivity contribution >= 4 is 44.4 Å². The van der Waals surface area contributed by atoms with Gasteiger partial charge in [0.1, 0.15) is 5.58 Å². The average molecular weight is 366 g/mol. The molecule has 0 aliphatic carbocycles. The Hall–Kier alpha value is -3.19. The van der Waals surface area contributed by atoms with Crippen molar-refractivity contribution in [1.82, 2.24) is 4.57 Å². The molecule has 0 fully saturated rings. The van der Waals surface area contributed by atoms with Crippen molar-refractivity contribution in [2.24, 2.45) is 12.0 Å². The number of aromatic nitrogens is 1. The highest BCUT2D eigenvalue weighted by Crippen LogP contribution is 2.21. The standard InChI is InChI=1S/C19H14N2O4S/c1-21-13-8-7-12(18(23)24-2)10-16(13)26-19(21)20-17(22)15-9-11-5-3-4-6-14(11)25-15/h3-10H,1-2H3. The fraction of sp³-hybridized carbons (Fsp3) is 0.105. The van der Waals surface area contributed by atoms with Crippen LogP contribution in [0.2, 0.25) is 0 Å². The summed E-state index contributed by atoms with van der Waals surface area (Å²) in [6.45, 7) is 0. The van der Waals surface area contributed by atoms with Gasteiger partial charge in [0.05, 0.1) is 22.9 Å². The van der Waals surface area contributed by atoms with Crippen LogP contribution in [0.4, 0.5) is 0 Å². The number of furan rings is 1. The van der Waals surface area contributed by atoms with Crippen molar-refractivity contribution in [3.63, 3.8) is 0 Å². The van der Waals surface area contributed by atoms with Gasteiger partial charge >= 0.3 is 11.9 Å². The van der Waals surface area contributed by atoms with Gasteiger partial charge in [-0.15, -0.1) is 0 Å². The molecular formula is C19H14N2O4S. The topological polar surface area (TPSA) is 73.8 Å². The minimum atomic E-state index is -0.448. The van der Waals surface area contributed by atoms with Gasteiger partial charge in [-0.2, -0.15) is 4.99 Å². The summed E-state index contributed by atoms with van der Waals surface area (Å²) in [7, 11) is 3.16. The summed E-state index contributed by atoms with van der Waals surface area (Å²) in [6, 6.07) is 14.3. The van der Waals surface area contributed by atoms with E-state index in [1.807, 2.05) is 35.9 Å². The Morgan fingerprint density at radius 3 is 2.73 bits per heavy atom. The van der Waals surface area contributed by atoms with Gasteiger partial charge < -0.3 is 13.7 Å². The molecule has 0 bridgehead atoms. The lowest BCUT2D eigenvalue weighted by Crippen LogP contribution is -2.13. The van der Waals surface area contributed by atoms with Crippen molar-refractivity contribution in [3.8, 4) is 0 Å². The first-order valence-corrected chi connectivity index (χ1v) is 8.64. The van der Waals surface area contributed by atoms with Crippen LogP contribution < -0.4 is 4.80 Å². The van der Waals surface area contributed by atoms with Gasteiger partial charge in [-0.25, -0.2) is 4.79 Å². The van der Waals surface area contributed by atoms with Crippen molar-refractivity contribution in [2.75, 3.05) is 7.11 Å². The number of carbonyl (C=O) groups is 2. The number of ether oxygens (including phenoxy) is 1. The Kier molecular flexibility index (Phi) is 3.93. The Bertz CT molecular complexity index is 1200. The van der Waals surface area contributed by atoms with Crippen molar-refractivity contribution in [1.29, 1.82) is 0 Å². The van der Waals surface area contributed by atoms with E-state index in [-0.39, 0.29) is 5.76 Å². The Morgan fingerprint density at radius 1 is 1.15 bits per heavy atom. The second-order valence-electron chi connectivity index (χ2n) is 5.68. The molecule has 0 saturated heterocycles. The predicted molar refractivity (Wildman–Crippen MR) is 98.2 cm³/mol. The number of amides is 1. The zero-order valence-electron chi connectivity index (χ0n) is 14.1. The normalized spacial score (nSPS) is 12.0. The molecule has 0 N–H and O–H groups in total. The number of rotatable bonds is 2. The molecule has 6 nitrogen and oxygen atoms in total. The molecule has 2 aromatic heterocycles. The molecular weight excluding hydrogens is 352 g/mol. The molecule has 0 atom stereocenters. The number of benzene rings is 2. The molecule has 2 heterocycles. The van der Waals surface area contributed by atoms with E-state index in [1.165, 1.54) is 18.4 Å². The third kappa shape index (κ3) is 2.72. The Balaban J connectivity index is 1.78. The van der Waals surface area contributed by atoms with E-state index in [0.29, 0.717) is 15.9 Å². The van der Waals surface area contributed by atoms with Crippen molar-refractivity contribution in [3.05, 3.63) is 64.7 Å². The molecule has 0 aliphatic rings. The molecule has 2 aromatic carbocycles. The lowest BCUT2D eigenvalue weighted by Gasteiger charge is -1.99. The molecule has 0 saturated carbocycles. The highest BCUT2D eigenvalue weighted by Gasteiger charge is 2.13. The quantitative estimate of drug-likeness (QED) is 0.509. The van der Waals surface area contributed by atoms with Crippen LogP contribution in [0, 0.1) is 0 Å². The van der Waals surface area contributed by atoms with E-state index >= 15 is 0 Å². The van der Waals surface area contributed by atoms with Crippen LogP contribution >= 0.6 is 11.3 Å². The third-order valence-corrected chi connectivity index (χ3v) is 5.16. The Labute approximate surface area is 152 Å². The monoisotopic (exact) mass is 366 g/mol. The summed E-state index contributed by atoms with van der Waals surface area (Å²) >= 11 is 1.32. The zero-order chi connectivity index (χ0) is 18.3. The molecule has 1 amide bonds. The highest BCUT2D eigenvalue weighted by atomic mass is 32.1. The number of hydrogen-bond acceptors (Lipinski definition) is 5. The smallest absolute Gasteiger partial charge is 0.337 e. The third-order valence-electron chi connectivity index (χ3n) is 4.06. The molecule has 0 aliphatic heterocycles. The van der Waals surface area contributed by atoms with E-state index in [4.69, 9.17) is 9.15 Å². The molecule has 130 valence electrons. The zero-order valence-corrected chi connectivity index (χ0v) is 14.9. The van der Waals surface area contributed by atoms with Gasteiger partial charge in [-0.05, 0) is 30.3 Å². The lowest BCUT2D eigenvalue weighted by molar-refractivity contribution is 0.0601. The second-order valence-corrected chi connectivity index (χ2v) is 6.69. The fourth-order valence-corrected chi connectivity index (χ4v) is 3.77. The molecule has 26 heavy (non-hydrogen) atoms. The number of carbonyl (C=O) groups excluding carboxylic acids is 2. The summed E-state index contributed by atoms with van der Waals surface area (Å²) in [5.41, 5.74) is 1.98. The van der Waals surface area contributed by atoms with Crippen LogP contribution in [0.1, 0.15) is 20.9 Å². The van der Waals surface area contributed by atoms with Crippen LogP contribution in [0.15, 0.2) is 57.9 Å². The minimum absolute atomic E-state index is 0.193. The van der Waals surface area contributed by atoms with Crippen LogP contribution in [0.5, 0.6) is 0 Å². The summed E-state index contributed by atoms with van der Waals surface area (Å²) in [5.74, 6) is -0.657. The number of thiazole rings is 1. The molecule has 4 rings (SSSR count). The minimum Gasteiger partial charge on any atom is -0.465 e. The summed E-state index contributed by atoms with van der Waals surface area (Å²) in [5, 5.41) is 0.856. The molecule has 0 unspecified atom stereocenters. The SMILES string of the molecule is COC(=O)c1ccc2c(c1)sc(=NC(=O)c1cc3ccccc3o1)n2C. The lowest BCUT2D eigenvalue weighted by atomic mass is 10.2. The maximum atomic E-state index is 12.5. The number of aryl methyl sites for hydroxylation is 1. The van der Waals surface area contributed by atoms with E-state index in [0.717, 1.165) is 15.6 Å². The fourth-order valence-electron chi connectivity index (χ4n) is 2.71. The van der Waals surface area contributed by atoms with E-state index in [2.05, 4.69) is 4.99 Å². The van der Waals surface area contributed by atoms with Gasteiger partial charge in [0.2, 0.25) is 0 Å². The van der Waals surface area contributed by atoms with Crippen molar-refractivity contribution < 1.29 is 18.7 Å². The molecule has 7 heteroatoms. The number of para-hydroxylation sites is 1. The number of nitrogens with zero attached hydrogens (tertiary/aromatic N) is 2. The molecule has 4 aromatic rings. The van der Waals surface area contributed by atoms with Gasteiger partial charge in [0.15, 0.2) is 10.6 Å². The van der Waals surface area contributed by atoms with Gasteiger partial charge in [-0.3, -0.25) is 4.79 Å². The molecule has 0 spiro atoms. The van der Waals surface area contributed by atoms with Crippen LogP contribution in [0.25, 0.3) is 21.2 Å². The highest BCUT2D eigenvalue weighted by molar-refractivity contribution is 7.16. The first-order valence-electron chi connectivity index (χ1n) is 7.82. The number of esters is 1. The number of fused-ring (bicyclic) bond motifs is 2. The number of hydrogen-bond donors (Lipinski definition) is 0. The van der Waals surface area contributed by atoms with Crippen LogP contribution in [-0.2, 0) is 11.8 Å². The average Bonchev–Trinajstić information content (AvgIpc) is 3.22. The van der Waals surface area contributed by atoms with Gasteiger partial charge in [0.25, 0.3) is 0 Å². The van der Waals surface area contributed by atoms with Crippen LogP contribution in [-0.4, -0.2) is 23.6 Å². The predicted octanol–water partition coefficient (Wildman–Crippen LogP) is 3.51. The summed E-state index contributed by atoms with van der Waals surface area (Å²) in [6.07, 6.45) is 0. The first kappa shape index (κ1) is 16.3. The molecule has 0 radical (unpaired) electrons. The van der Waals surface area contributed by atoms with E-state index in [1.54, 1.807) is 24.3 Å². The Morgan fingerprint density at radius 2 is 1.96 bits per heavy atom. The van der Waals surface area contributed by atoms with E-state index < -0.39 is 11.9 Å². The maximum Gasteiger partial charge on any atom is 0.337 e.